The van der Waals surface area contributed by atoms with Crippen LogP contribution in [0.25, 0.3) is 0 Å². The Morgan fingerprint density at radius 3 is 2.64 bits per heavy atom. The van der Waals surface area contributed by atoms with Gasteiger partial charge >= 0.3 is 6.09 Å². The number of carbonyl (C=O) groups is 1. The second-order valence-electron chi connectivity index (χ2n) is 6.90. The van der Waals surface area contributed by atoms with E-state index in [0.29, 0.717) is 18.5 Å². The third kappa shape index (κ3) is 3.97. The first kappa shape index (κ1) is 16.7. The topological polar surface area (TPSA) is 49.8 Å². The molecule has 1 heterocycles. The number of aryl methyl sites for hydroxylation is 1. The van der Waals surface area contributed by atoms with Crippen LogP contribution in [-0.2, 0) is 4.74 Å². The zero-order valence-electron chi connectivity index (χ0n) is 13.6. The minimum absolute atomic E-state index is 0.0852. The molecule has 0 spiro atoms. The molecule has 1 aromatic carbocycles. The molecule has 2 atom stereocenters. The van der Waals surface area contributed by atoms with E-state index in [2.05, 4.69) is 0 Å². The Bertz CT molecular complexity index is 553. The first-order valence-corrected chi connectivity index (χ1v) is 7.59. The highest BCUT2D eigenvalue weighted by Crippen LogP contribution is 2.30. The van der Waals surface area contributed by atoms with Crippen molar-refractivity contribution >= 4 is 6.09 Å². The molecule has 0 aromatic heterocycles. The Hall–Kier alpha value is -1.62. The molecule has 1 aliphatic rings. The van der Waals surface area contributed by atoms with Crippen molar-refractivity contribution in [3.05, 3.63) is 35.1 Å². The van der Waals surface area contributed by atoms with Crippen molar-refractivity contribution in [2.24, 2.45) is 0 Å². The van der Waals surface area contributed by atoms with Crippen molar-refractivity contribution < 1.29 is 19.0 Å². The van der Waals surface area contributed by atoms with Crippen LogP contribution in [0.3, 0.4) is 0 Å². The van der Waals surface area contributed by atoms with Crippen LogP contribution < -0.4 is 0 Å². The summed E-state index contributed by atoms with van der Waals surface area (Å²) in [7, 11) is 0. The first-order valence-electron chi connectivity index (χ1n) is 7.59. The van der Waals surface area contributed by atoms with E-state index in [4.69, 9.17) is 4.74 Å². The van der Waals surface area contributed by atoms with Crippen molar-refractivity contribution in [3.8, 4) is 0 Å². The minimum atomic E-state index is -0.675. The number of halogens is 1. The molecule has 1 amide bonds. The average molecular weight is 309 g/mol. The van der Waals surface area contributed by atoms with Gasteiger partial charge in [0.2, 0.25) is 0 Å². The summed E-state index contributed by atoms with van der Waals surface area (Å²) in [5, 5.41) is 10.4. The maximum atomic E-state index is 13.4. The molecule has 1 saturated heterocycles. The average Bonchev–Trinajstić information content (AvgIpc) is 2.40. The number of hydrogen-bond donors (Lipinski definition) is 1. The third-order valence-corrected chi connectivity index (χ3v) is 3.84. The quantitative estimate of drug-likeness (QED) is 0.866. The summed E-state index contributed by atoms with van der Waals surface area (Å²) in [5.41, 5.74) is 0.932. The zero-order chi connectivity index (χ0) is 16.5. The van der Waals surface area contributed by atoms with E-state index < -0.39 is 17.8 Å². The van der Waals surface area contributed by atoms with E-state index in [-0.39, 0.29) is 18.3 Å². The van der Waals surface area contributed by atoms with Crippen LogP contribution >= 0.6 is 0 Å². The molecule has 4 nitrogen and oxygen atoms in total. The number of carbonyl (C=O) groups excluding carboxylic acids is 1. The van der Waals surface area contributed by atoms with Crippen LogP contribution in [0.15, 0.2) is 18.2 Å². The summed E-state index contributed by atoms with van der Waals surface area (Å²) in [6.07, 6.45) is -0.447. The zero-order valence-corrected chi connectivity index (χ0v) is 13.6. The summed E-state index contributed by atoms with van der Waals surface area (Å²) < 4.78 is 18.7. The molecule has 1 aliphatic heterocycles. The van der Waals surface area contributed by atoms with Gasteiger partial charge in [-0.25, -0.2) is 9.18 Å². The number of piperidine rings is 1. The fourth-order valence-electron chi connectivity index (χ4n) is 2.71. The number of aliphatic hydroxyl groups is 1. The lowest BCUT2D eigenvalue weighted by Gasteiger charge is -2.37. The molecule has 122 valence electrons. The van der Waals surface area contributed by atoms with Crippen molar-refractivity contribution in [2.45, 2.75) is 51.7 Å². The van der Waals surface area contributed by atoms with Crippen molar-refractivity contribution in [3.63, 3.8) is 0 Å². The van der Waals surface area contributed by atoms with Crippen LogP contribution in [0.2, 0.25) is 0 Å². The highest BCUT2D eigenvalue weighted by Gasteiger charge is 2.33. The van der Waals surface area contributed by atoms with Crippen LogP contribution in [0, 0.1) is 12.7 Å². The predicted molar refractivity (Wildman–Crippen MR) is 82.3 cm³/mol. The van der Waals surface area contributed by atoms with E-state index in [0.717, 1.165) is 5.56 Å². The van der Waals surface area contributed by atoms with E-state index in [9.17, 15) is 14.3 Å². The van der Waals surface area contributed by atoms with Gasteiger partial charge in [-0.3, -0.25) is 0 Å². The molecule has 5 heteroatoms. The lowest BCUT2D eigenvalue weighted by Crippen LogP contribution is -2.47. The fraction of sp³-hybridized carbons (Fsp3) is 0.588. The van der Waals surface area contributed by atoms with Gasteiger partial charge in [0, 0.05) is 12.5 Å². The Balaban J connectivity index is 2.03. The minimum Gasteiger partial charge on any atom is -0.444 e. The number of hydrogen-bond acceptors (Lipinski definition) is 3. The van der Waals surface area contributed by atoms with E-state index in [1.165, 1.54) is 11.0 Å². The van der Waals surface area contributed by atoms with Gasteiger partial charge in [0.15, 0.2) is 0 Å². The van der Waals surface area contributed by atoms with Crippen LogP contribution in [0.1, 0.15) is 44.2 Å². The SMILES string of the molecule is Cc1cc([C@H]2CCN(C(=O)OC(C)(C)C)C[C@@H]2O)ccc1F. The molecule has 0 unspecified atom stereocenters. The molecule has 0 bridgehead atoms. The first-order chi connectivity index (χ1) is 10.2. The summed E-state index contributed by atoms with van der Waals surface area (Å²) in [4.78, 5) is 13.6. The highest BCUT2D eigenvalue weighted by molar-refractivity contribution is 5.68. The highest BCUT2D eigenvalue weighted by atomic mass is 19.1. The maximum absolute atomic E-state index is 13.4. The normalized spacial score (nSPS) is 22.5. The van der Waals surface area contributed by atoms with E-state index >= 15 is 0 Å². The summed E-state index contributed by atoms with van der Waals surface area (Å²) >= 11 is 0. The number of amides is 1. The van der Waals surface area contributed by atoms with Crippen LogP contribution in [-0.4, -0.2) is 40.9 Å². The maximum Gasteiger partial charge on any atom is 0.410 e. The molecule has 1 N–H and O–H groups in total. The monoisotopic (exact) mass is 309 g/mol. The number of ether oxygens (including phenoxy) is 1. The fourth-order valence-corrected chi connectivity index (χ4v) is 2.71. The second kappa shape index (κ2) is 6.24. The lowest BCUT2D eigenvalue weighted by molar-refractivity contribution is -0.00152. The van der Waals surface area contributed by atoms with Crippen LogP contribution in [0.5, 0.6) is 0 Å². The van der Waals surface area contributed by atoms with Gasteiger partial charge in [-0.1, -0.05) is 12.1 Å². The summed E-state index contributed by atoms with van der Waals surface area (Å²) in [6.45, 7) is 7.91. The number of aliphatic hydroxyl groups excluding tert-OH is 1. The molecule has 0 aliphatic carbocycles. The van der Waals surface area contributed by atoms with Crippen LogP contribution in [0.4, 0.5) is 9.18 Å². The Labute approximate surface area is 130 Å². The second-order valence-corrected chi connectivity index (χ2v) is 6.90. The Kier molecular flexibility index (Phi) is 4.75. The molecule has 0 saturated carbocycles. The van der Waals surface area contributed by atoms with Gasteiger partial charge in [-0.2, -0.15) is 0 Å². The van der Waals surface area contributed by atoms with Gasteiger partial charge < -0.3 is 14.7 Å². The standard InChI is InChI=1S/C17H24FNO3/c1-11-9-12(5-6-14(11)18)13-7-8-19(10-15(13)20)16(21)22-17(2,3)4/h5-6,9,13,15,20H,7-8,10H2,1-4H3/t13-,15+/m1/s1. The molecular formula is C17H24FNO3. The van der Waals surface area contributed by atoms with E-state index in [1.54, 1.807) is 19.1 Å². The van der Waals surface area contributed by atoms with Crippen molar-refractivity contribution in [1.82, 2.24) is 4.90 Å². The third-order valence-electron chi connectivity index (χ3n) is 3.84. The van der Waals surface area contributed by atoms with Crippen molar-refractivity contribution in [1.29, 1.82) is 0 Å². The summed E-state index contributed by atoms with van der Waals surface area (Å²) in [5.74, 6) is -0.331. The number of likely N-dealkylation sites (tertiary alicyclic amines) is 1. The molecule has 1 aromatic rings. The van der Waals surface area contributed by atoms with Gasteiger partial charge in [0.1, 0.15) is 11.4 Å². The number of β-amino-alcohol motifs (C(OH)–C–C–N with tert-alkyl or cyclic N) is 1. The number of benzene rings is 1. The predicted octanol–water partition coefficient (Wildman–Crippen LogP) is 3.22. The Morgan fingerprint density at radius 2 is 2.09 bits per heavy atom. The largest absolute Gasteiger partial charge is 0.444 e. The van der Waals surface area contributed by atoms with Gasteiger partial charge in [-0.15, -0.1) is 0 Å². The lowest BCUT2D eigenvalue weighted by atomic mass is 9.86. The number of nitrogens with zero attached hydrogens (tertiary/aromatic N) is 1. The van der Waals surface area contributed by atoms with Crippen molar-refractivity contribution in [2.75, 3.05) is 13.1 Å². The van der Waals surface area contributed by atoms with Gasteiger partial charge in [0.05, 0.1) is 12.6 Å². The molecular weight excluding hydrogens is 285 g/mol. The molecule has 1 fully saturated rings. The van der Waals surface area contributed by atoms with Gasteiger partial charge in [-0.05, 0) is 51.3 Å². The summed E-state index contributed by atoms with van der Waals surface area (Å²) in [6, 6.07) is 4.91. The Morgan fingerprint density at radius 1 is 1.41 bits per heavy atom. The smallest absolute Gasteiger partial charge is 0.410 e. The molecule has 22 heavy (non-hydrogen) atoms. The van der Waals surface area contributed by atoms with E-state index in [1.807, 2.05) is 20.8 Å². The number of rotatable bonds is 1. The van der Waals surface area contributed by atoms with Gasteiger partial charge in [0.25, 0.3) is 0 Å². The molecule has 2 rings (SSSR count). The molecule has 0 radical (unpaired) electrons.